The third-order valence-corrected chi connectivity index (χ3v) is 2.14. The molecular formula is C12H10F2N2O3. The van der Waals surface area contributed by atoms with Gasteiger partial charge in [-0.1, -0.05) is 23.4 Å². The minimum atomic E-state index is -3.13. The lowest BCUT2D eigenvalue weighted by Gasteiger charge is -2.03. The molecule has 100 valence electrons. The van der Waals surface area contributed by atoms with Crippen LogP contribution in [0.1, 0.15) is 12.6 Å². The van der Waals surface area contributed by atoms with Gasteiger partial charge in [-0.15, -0.1) is 0 Å². The molecule has 0 atom stereocenters. The molecule has 1 N–H and O–H groups in total. The summed E-state index contributed by atoms with van der Waals surface area (Å²) < 4.78 is 35.2. The molecule has 0 radical (unpaired) electrons. The molecule has 1 aromatic carbocycles. The van der Waals surface area contributed by atoms with Crippen molar-refractivity contribution in [2.75, 3.05) is 5.32 Å². The Morgan fingerprint density at radius 3 is 2.63 bits per heavy atom. The van der Waals surface area contributed by atoms with E-state index in [1.807, 2.05) is 0 Å². The van der Waals surface area contributed by atoms with Crippen LogP contribution in [-0.4, -0.2) is 11.2 Å². The Hall–Kier alpha value is -2.44. The number of nitrogens with zero attached hydrogens (tertiary/aromatic N) is 1. The molecule has 0 aliphatic carbocycles. The van der Waals surface area contributed by atoms with E-state index in [1.54, 1.807) is 30.3 Å². The fourth-order valence-electron chi connectivity index (χ4n) is 1.26. The van der Waals surface area contributed by atoms with E-state index in [0.717, 1.165) is 6.07 Å². The second-order valence-electron chi connectivity index (χ2n) is 3.79. The maximum Gasteiger partial charge on any atom is 0.419 e. The van der Waals surface area contributed by atoms with E-state index in [0.29, 0.717) is 12.7 Å². The average molecular weight is 268 g/mol. The lowest BCUT2D eigenvalue weighted by atomic mass is 10.3. The third-order valence-electron chi connectivity index (χ3n) is 2.14. The van der Waals surface area contributed by atoms with E-state index < -0.39 is 17.7 Å². The van der Waals surface area contributed by atoms with Gasteiger partial charge in [-0.25, -0.2) is 4.79 Å². The monoisotopic (exact) mass is 268 g/mol. The number of benzene rings is 1. The van der Waals surface area contributed by atoms with Gasteiger partial charge in [-0.05, 0) is 12.1 Å². The molecule has 7 heteroatoms. The Morgan fingerprint density at radius 1 is 1.37 bits per heavy atom. The quantitative estimate of drug-likeness (QED) is 0.926. The first kappa shape index (κ1) is 13.0. The summed E-state index contributed by atoms with van der Waals surface area (Å²) in [5.74, 6) is -3.02. The van der Waals surface area contributed by atoms with Gasteiger partial charge in [0.15, 0.2) is 5.69 Å². The topological polar surface area (TPSA) is 64.4 Å². The molecule has 0 spiro atoms. The van der Waals surface area contributed by atoms with Gasteiger partial charge in [0.2, 0.25) is 5.88 Å². The predicted octanol–water partition coefficient (Wildman–Crippen LogP) is 3.40. The molecule has 19 heavy (non-hydrogen) atoms. The largest absolute Gasteiger partial charge is 0.419 e. The Bertz CT molecular complexity index is 564. The van der Waals surface area contributed by atoms with Crippen LogP contribution in [0.2, 0.25) is 0 Å². The highest BCUT2D eigenvalue weighted by Crippen LogP contribution is 2.27. The van der Waals surface area contributed by atoms with Crippen molar-refractivity contribution in [1.29, 1.82) is 0 Å². The molecule has 0 aliphatic rings. The SMILES string of the molecule is CC(F)(F)c1cc(NC(=O)Oc2ccccc2)on1. The van der Waals surface area contributed by atoms with Crippen molar-refractivity contribution in [3.05, 3.63) is 42.1 Å². The summed E-state index contributed by atoms with van der Waals surface area (Å²) in [5, 5.41) is 5.31. The van der Waals surface area contributed by atoms with E-state index in [2.05, 4.69) is 15.0 Å². The van der Waals surface area contributed by atoms with E-state index in [4.69, 9.17) is 4.74 Å². The Morgan fingerprint density at radius 2 is 2.05 bits per heavy atom. The summed E-state index contributed by atoms with van der Waals surface area (Å²) in [6.45, 7) is 0.678. The summed E-state index contributed by atoms with van der Waals surface area (Å²) in [4.78, 5) is 11.4. The number of para-hydroxylation sites is 1. The molecule has 1 heterocycles. The first-order chi connectivity index (χ1) is 8.95. The number of hydrogen-bond acceptors (Lipinski definition) is 4. The van der Waals surface area contributed by atoms with E-state index >= 15 is 0 Å². The summed E-state index contributed by atoms with van der Waals surface area (Å²) >= 11 is 0. The maximum atomic E-state index is 12.9. The predicted molar refractivity (Wildman–Crippen MR) is 62.2 cm³/mol. The molecular weight excluding hydrogens is 258 g/mol. The number of ether oxygens (including phenoxy) is 1. The van der Waals surface area contributed by atoms with Crippen molar-refractivity contribution >= 4 is 12.0 Å². The number of anilines is 1. The number of carbonyl (C=O) groups excluding carboxylic acids is 1. The lowest BCUT2D eigenvalue weighted by Crippen LogP contribution is -2.16. The van der Waals surface area contributed by atoms with Crippen LogP contribution in [0.3, 0.4) is 0 Å². The van der Waals surface area contributed by atoms with Crippen LogP contribution >= 0.6 is 0 Å². The van der Waals surface area contributed by atoms with Gasteiger partial charge in [0, 0.05) is 13.0 Å². The molecule has 2 aromatic rings. The van der Waals surface area contributed by atoms with Gasteiger partial charge in [0.05, 0.1) is 0 Å². The second kappa shape index (κ2) is 5.05. The smallest absolute Gasteiger partial charge is 0.410 e. The van der Waals surface area contributed by atoms with Gasteiger partial charge in [0.25, 0.3) is 5.92 Å². The van der Waals surface area contributed by atoms with Crippen molar-refractivity contribution in [3.63, 3.8) is 0 Å². The van der Waals surface area contributed by atoms with E-state index in [-0.39, 0.29) is 5.88 Å². The van der Waals surface area contributed by atoms with Gasteiger partial charge in [0.1, 0.15) is 5.75 Å². The van der Waals surface area contributed by atoms with Crippen molar-refractivity contribution in [3.8, 4) is 5.75 Å². The molecule has 0 saturated heterocycles. The zero-order chi connectivity index (χ0) is 13.9. The van der Waals surface area contributed by atoms with Gasteiger partial charge in [-0.2, -0.15) is 8.78 Å². The summed E-state index contributed by atoms with van der Waals surface area (Å²) in [6.07, 6.45) is -0.853. The number of alkyl halides is 2. The second-order valence-corrected chi connectivity index (χ2v) is 3.79. The van der Waals surface area contributed by atoms with Crippen molar-refractivity contribution in [1.82, 2.24) is 5.16 Å². The minimum absolute atomic E-state index is 0.211. The highest BCUT2D eigenvalue weighted by atomic mass is 19.3. The van der Waals surface area contributed by atoms with Crippen LogP contribution in [0.25, 0.3) is 0 Å². The normalized spacial score (nSPS) is 11.1. The molecule has 1 aromatic heterocycles. The van der Waals surface area contributed by atoms with E-state index in [1.165, 1.54) is 0 Å². The zero-order valence-corrected chi connectivity index (χ0v) is 9.89. The van der Waals surface area contributed by atoms with Crippen LogP contribution in [0.5, 0.6) is 5.75 Å². The number of carbonyl (C=O) groups is 1. The number of hydrogen-bond donors (Lipinski definition) is 1. The van der Waals surface area contributed by atoms with Crippen LogP contribution in [0.15, 0.2) is 40.9 Å². The number of halogens is 2. The first-order valence-corrected chi connectivity index (χ1v) is 5.34. The lowest BCUT2D eigenvalue weighted by molar-refractivity contribution is 0.00975. The number of amides is 1. The summed E-state index contributed by atoms with van der Waals surface area (Å²) in [5.41, 5.74) is -0.567. The van der Waals surface area contributed by atoms with Crippen LogP contribution in [0.4, 0.5) is 19.5 Å². The fourth-order valence-corrected chi connectivity index (χ4v) is 1.26. The van der Waals surface area contributed by atoms with Crippen LogP contribution in [-0.2, 0) is 5.92 Å². The van der Waals surface area contributed by atoms with Gasteiger partial charge >= 0.3 is 6.09 Å². The minimum Gasteiger partial charge on any atom is -0.410 e. The zero-order valence-electron chi connectivity index (χ0n) is 9.89. The third kappa shape index (κ3) is 3.51. The summed E-state index contributed by atoms with van der Waals surface area (Å²) in [6, 6.07) is 9.22. The molecule has 2 rings (SSSR count). The Labute approximate surface area is 107 Å². The summed E-state index contributed by atoms with van der Waals surface area (Å²) in [7, 11) is 0. The highest BCUT2D eigenvalue weighted by Gasteiger charge is 2.29. The number of aromatic nitrogens is 1. The molecule has 5 nitrogen and oxygen atoms in total. The number of nitrogens with one attached hydrogen (secondary N) is 1. The molecule has 0 unspecified atom stereocenters. The Balaban J connectivity index is 1.98. The molecule has 0 aliphatic heterocycles. The Kier molecular flexibility index (Phi) is 3.46. The van der Waals surface area contributed by atoms with Crippen molar-refractivity contribution in [2.24, 2.45) is 0 Å². The van der Waals surface area contributed by atoms with Crippen LogP contribution < -0.4 is 10.1 Å². The highest BCUT2D eigenvalue weighted by molar-refractivity contribution is 5.84. The standard InChI is InChI=1S/C12H10F2N2O3/c1-12(13,14)9-7-10(19-16-9)15-11(17)18-8-5-3-2-4-6-8/h2-7H,1H3,(H,15,17). The molecule has 0 saturated carbocycles. The van der Waals surface area contributed by atoms with Gasteiger partial charge < -0.3 is 9.26 Å². The first-order valence-electron chi connectivity index (χ1n) is 5.34. The molecule has 0 bridgehead atoms. The number of rotatable bonds is 3. The van der Waals surface area contributed by atoms with Crippen molar-refractivity contribution < 1.29 is 22.8 Å². The van der Waals surface area contributed by atoms with Crippen molar-refractivity contribution in [2.45, 2.75) is 12.8 Å². The van der Waals surface area contributed by atoms with Crippen LogP contribution in [0, 0.1) is 0 Å². The molecule has 0 fully saturated rings. The molecule has 1 amide bonds. The fraction of sp³-hybridized carbons (Fsp3) is 0.167. The van der Waals surface area contributed by atoms with Gasteiger partial charge in [-0.3, -0.25) is 5.32 Å². The maximum absolute atomic E-state index is 12.9. The average Bonchev–Trinajstić information content (AvgIpc) is 2.78. The van der Waals surface area contributed by atoms with E-state index in [9.17, 15) is 13.6 Å².